The lowest BCUT2D eigenvalue weighted by molar-refractivity contribution is 0.393. The van der Waals surface area contributed by atoms with Crippen LogP contribution in [0.25, 0.3) is 0 Å². The van der Waals surface area contributed by atoms with Crippen molar-refractivity contribution in [3.05, 3.63) is 0 Å². The molecule has 1 saturated carbocycles. The predicted octanol–water partition coefficient (Wildman–Crippen LogP) is 3.83. The number of alkyl halides is 1. The van der Waals surface area contributed by atoms with Gasteiger partial charge < -0.3 is 0 Å². The molecule has 0 bridgehead atoms. The minimum Gasteiger partial charge on any atom is -0.126 e. The first kappa shape index (κ1) is 9.38. The average molecular weight is 175 g/mol. The van der Waals surface area contributed by atoms with Crippen LogP contribution in [-0.4, -0.2) is 5.88 Å². The molecule has 0 nitrogen and oxygen atoms in total. The number of halogens is 1. The Morgan fingerprint density at radius 2 is 2.00 bits per heavy atom. The fourth-order valence-corrected chi connectivity index (χ4v) is 2.40. The van der Waals surface area contributed by atoms with E-state index in [1.54, 1.807) is 0 Å². The lowest BCUT2D eigenvalue weighted by Gasteiger charge is -2.15. The molecule has 0 heterocycles. The van der Waals surface area contributed by atoms with E-state index in [0.717, 1.165) is 17.7 Å². The zero-order chi connectivity index (χ0) is 8.10. The highest BCUT2D eigenvalue weighted by molar-refractivity contribution is 6.18. The van der Waals surface area contributed by atoms with Crippen molar-refractivity contribution < 1.29 is 0 Å². The highest BCUT2D eigenvalue weighted by Crippen LogP contribution is 2.31. The van der Waals surface area contributed by atoms with Gasteiger partial charge in [-0.25, -0.2) is 0 Å². The van der Waals surface area contributed by atoms with Crippen molar-refractivity contribution in [2.45, 2.75) is 45.4 Å². The SMILES string of the molecule is CCC(CCl)CC1CCCC1. The van der Waals surface area contributed by atoms with Crippen molar-refractivity contribution in [2.24, 2.45) is 11.8 Å². The van der Waals surface area contributed by atoms with E-state index in [1.807, 2.05) is 0 Å². The molecule has 1 aliphatic carbocycles. The molecule has 1 fully saturated rings. The molecule has 66 valence electrons. The Kier molecular flexibility index (Phi) is 4.29. The van der Waals surface area contributed by atoms with Crippen LogP contribution in [0, 0.1) is 11.8 Å². The van der Waals surface area contributed by atoms with Crippen LogP contribution >= 0.6 is 11.6 Å². The van der Waals surface area contributed by atoms with Crippen LogP contribution in [0.5, 0.6) is 0 Å². The molecular weight excluding hydrogens is 156 g/mol. The maximum absolute atomic E-state index is 5.85. The molecule has 0 spiro atoms. The van der Waals surface area contributed by atoms with Gasteiger partial charge >= 0.3 is 0 Å². The van der Waals surface area contributed by atoms with Crippen molar-refractivity contribution in [1.82, 2.24) is 0 Å². The molecule has 1 atom stereocenters. The summed E-state index contributed by atoms with van der Waals surface area (Å²) in [6, 6.07) is 0. The Labute approximate surface area is 75.3 Å². The zero-order valence-corrected chi connectivity index (χ0v) is 8.24. The number of hydrogen-bond donors (Lipinski definition) is 0. The van der Waals surface area contributed by atoms with Gasteiger partial charge in [0.05, 0.1) is 0 Å². The summed E-state index contributed by atoms with van der Waals surface area (Å²) in [6.07, 6.45) is 8.51. The van der Waals surface area contributed by atoms with Crippen LogP contribution in [0.1, 0.15) is 45.4 Å². The van der Waals surface area contributed by atoms with Crippen molar-refractivity contribution in [1.29, 1.82) is 0 Å². The van der Waals surface area contributed by atoms with Crippen molar-refractivity contribution in [3.8, 4) is 0 Å². The number of rotatable bonds is 4. The topological polar surface area (TPSA) is 0 Å². The Morgan fingerprint density at radius 1 is 1.36 bits per heavy atom. The van der Waals surface area contributed by atoms with Crippen LogP contribution < -0.4 is 0 Å². The molecular formula is C10H19Cl. The first-order valence-corrected chi connectivity index (χ1v) is 5.46. The maximum Gasteiger partial charge on any atom is 0.0251 e. The van der Waals surface area contributed by atoms with E-state index >= 15 is 0 Å². The molecule has 0 aliphatic heterocycles. The van der Waals surface area contributed by atoms with E-state index in [0.29, 0.717) is 0 Å². The minimum atomic E-state index is 0.791. The van der Waals surface area contributed by atoms with Crippen LogP contribution in [0.3, 0.4) is 0 Å². The normalized spacial score (nSPS) is 22.4. The second-order valence-corrected chi connectivity index (χ2v) is 4.12. The molecule has 1 unspecified atom stereocenters. The van der Waals surface area contributed by atoms with Crippen LogP contribution in [-0.2, 0) is 0 Å². The highest BCUT2D eigenvalue weighted by Gasteiger charge is 2.18. The smallest absolute Gasteiger partial charge is 0.0251 e. The van der Waals surface area contributed by atoms with Gasteiger partial charge in [-0.3, -0.25) is 0 Å². The second-order valence-electron chi connectivity index (χ2n) is 3.81. The van der Waals surface area contributed by atoms with Gasteiger partial charge in [0, 0.05) is 5.88 Å². The van der Waals surface area contributed by atoms with Crippen LogP contribution in [0.4, 0.5) is 0 Å². The van der Waals surface area contributed by atoms with Gasteiger partial charge in [0.15, 0.2) is 0 Å². The summed E-state index contributed by atoms with van der Waals surface area (Å²) in [7, 11) is 0. The summed E-state index contributed by atoms with van der Waals surface area (Å²) in [5.74, 6) is 2.67. The molecule has 0 amide bonds. The molecule has 1 heteroatoms. The van der Waals surface area contributed by atoms with Gasteiger partial charge in [-0.15, -0.1) is 11.6 Å². The molecule has 11 heavy (non-hydrogen) atoms. The molecule has 0 aromatic carbocycles. The third-order valence-electron chi connectivity index (χ3n) is 2.94. The first-order chi connectivity index (χ1) is 5.36. The molecule has 0 N–H and O–H groups in total. The highest BCUT2D eigenvalue weighted by atomic mass is 35.5. The van der Waals surface area contributed by atoms with E-state index < -0.39 is 0 Å². The first-order valence-electron chi connectivity index (χ1n) is 4.92. The van der Waals surface area contributed by atoms with Gasteiger partial charge in [0.25, 0.3) is 0 Å². The molecule has 0 radical (unpaired) electrons. The molecule has 0 saturated heterocycles. The van der Waals surface area contributed by atoms with Crippen molar-refractivity contribution in [2.75, 3.05) is 5.88 Å². The summed E-state index contributed by atoms with van der Waals surface area (Å²) >= 11 is 5.85. The monoisotopic (exact) mass is 174 g/mol. The Morgan fingerprint density at radius 3 is 2.45 bits per heavy atom. The van der Waals surface area contributed by atoms with Gasteiger partial charge in [-0.05, 0) is 18.3 Å². The third-order valence-corrected chi connectivity index (χ3v) is 3.37. The van der Waals surface area contributed by atoms with Gasteiger partial charge in [0.1, 0.15) is 0 Å². The van der Waals surface area contributed by atoms with E-state index in [9.17, 15) is 0 Å². The summed E-state index contributed by atoms with van der Waals surface area (Å²) in [5.41, 5.74) is 0. The van der Waals surface area contributed by atoms with Gasteiger partial charge in [-0.1, -0.05) is 39.0 Å². The van der Waals surface area contributed by atoms with Crippen LogP contribution in [0.15, 0.2) is 0 Å². The summed E-state index contributed by atoms with van der Waals surface area (Å²) < 4.78 is 0. The second kappa shape index (κ2) is 5.03. The minimum absolute atomic E-state index is 0.791. The fraction of sp³-hybridized carbons (Fsp3) is 1.00. The molecule has 0 aromatic rings. The summed E-state index contributed by atoms with van der Waals surface area (Å²) in [6.45, 7) is 2.25. The Balaban J connectivity index is 2.16. The lowest BCUT2D eigenvalue weighted by Crippen LogP contribution is -2.06. The van der Waals surface area contributed by atoms with Crippen molar-refractivity contribution in [3.63, 3.8) is 0 Å². The Hall–Kier alpha value is 0.290. The fourth-order valence-electron chi connectivity index (χ4n) is 2.06. The van der Waals surface area contributed by atoms with Gasteiger partial charge in [-0.2, -0.15) is 0 Å². The van der Waals surface area contributed by atoms with E-state index in [1.165, 1.54) is 38.5 Å². The number of hydrogen-bond acceptors (Lipinski definition) is 0. The third kappa shape index (κ3) is 3.02. The molecule has 1 aliphatic rings. The predicted molar refractivity (Wildman–Crippen MR) is 51.1 cm³/mol. The van der Waals surface area contributed by atoms with Gasteiger partial charge in [0.2, 0.25) is 0 Å². The standard InChI is InChI=1S/C10H19Cl/c1-2-9(8-11)7-10-5-3-4-6-10/h9-10H,2-8H2,1H3. The summed E-state index contributed by atoms with van der Waals surface area (Å²) in [4.78, 5) is 0. The Bertz CT molecular complexity index is 91.0. The van der Waals surface area contributed by atoms with Crippen molar-refractivity contribution >= 4 is 11.6 Å². The summed E-state index contributed by atoms with van der Waals surface area (Å²) in [5, 5.41) is 0. The molecule has 0 aromatic heterocycles. The van der Waals surface area contributed by atoms with E-state index in [2.05, 4.69) is 6.92 Å². The average Bonchev–Trinajstić information content (AvgIpc) is 2.52. The van der Waals surface area contributed by atoms with E-state index in [-0.39, 0.29) is 0 Å². The largest absolute Gasteiger partial charge is 0.126 e. The quantitative estimate of drug-likeness (QED) is 0.569. The molecule has 1 rings (SSSR count). The zero-order valence-electron chi connectivity index (χ0n) is 7.48. The lowest BCUT2D eigenvalue weighted by atomic mass is 9.93. The van der Waals surface area contributed by atoms with E-state index in [4.69, 9.17) is 11.6 Å². The maximum atomic E-state index is 5.85. The van der Waals surface area contributed by atoms with Crippen LogP contribution in [0.2, 0.25) is 0 Å².